The van der Waals surface area contributed by atoms with E-state index < -0.39 is 0 Å². The zero-order chi connectivity index (χ0) is 17.2. The molecule has 0 fully saturated rings. The zero-order valence-corrected chi connectivity index (χ0v) is 14.6. The minimum atomic E-state index is 0.133. The van der Waals surface area contributed by atoms with Gasteiger partial charge in [-0.05, 0) is 49.0 Å². The van der Waals surface area contributed by atoms with Gasteiger partial charge >= 0.3 is 0 Å². The molecule has 0 aliphatic heterocycles. The summed E-state index contributed by atoms with van der Waals surface area (Å²) in [7, 11) is 1.66. The summed E-state index contributed by atoms with van der Waals surface area (Å²) >= 11 is 5.15. The molecule has 5 nitrogen and oxygen atoms in total. The number of thiocarbonyl (C=S) groups is 1. The van der Waals surface area contributed by atoms with Crippen LogP contribution >= 0.6 is 12.2 Å². The van der Waals surface area contributed by atoms with Crippen LogP contribution in [0.5, 0.6) is 0 Å². The van der Waals surface area contributed by atoms with Crippen molar-refractivity contribution in [3.8, 4) is 0 Å². The maximum absolute atomic E-state index is 5.15. The van der Waals surface area contributed by atoms with E-state index >= 15 is 0 Å². The minimum absolute atomic E-state index is 0.133. The van der Waals surface area contributed by atoms with Crippen molar-refractivity contribution in [2.45, 2.75) is 13.0 Å². The Labute approximate surface area is 148 Å². The third-order valence-electron chi connectivity index (χ3n) is 3.15. The number of ether oxygens (including phenoxy) is 1. The monoisotopic (exact) mass is 342 g/mol. The largest absolute Gasteiger partial charge is 0.383 e. The van der Waals surface area contributed by atoms with E-state index in [9.17, 15) is 0 Å². The number of methoxy groups -OCH3 is 1. The molecule has 24 heavy (non-hydrogen) atoms. The number of para-hydroxylation sites is 1. The van der Waals surface area contributed by atoms with Gasteiger partial charge in [-0.25, -0.2) is 0 Å². The third kappa shape index (κ3) is 6.36. The van der Waals surface area contributed by atoms with E-state index in [1.54, 1.807) is 13.3 Å². The number of anilines is 2. The van der Waals surface area contributed by atoms with E-state index in [0.717, 1.165) is 16.9 Å². The first-order valence-electron chi connectivity index (χ1n) is 7.68. The second kappa shape index (κ2) is 9.64. The SMILES string of the molecule is COC[C@@H](C)NC(=S)N/N=C\c1ccc(Nc2ccccc2)cc1. The molecule has 0 bridgehead atoms. The van der Waals surface area contributed by atoms with Gasteiger partial charge in [0.2, 0.25) is 0 Å². The molecule has 6 heteroatoms. The van der Waals surface area contributed by atoms with E-state index in [1.165, 1.54) is 0 Å². The highest BCUT2D eigenvalue weighted by molar-refractivity contribution is 7.80. The third-order valence-corrected chi connectivity index (χ3v) is 3.36. The van der Waals surface area contributed by atoms with Gasteiger partial charge < -0.3 is 15.4 Å². The predicted octanol–water partition coefficient (Wildman–Crippen LogP) is 3.26. The number of benzene rings is 2. The fourth-order valence-corrected chi connectivity index (χ4v) is 2.31. The zero-order valence-electron chi connectivity index (χ0n) is 13.8. The molecule has 0 radical (unpaired) electrons. The molecule has 0 aliphatic carbocycles. The molecule has 0 unspecified atom stereocenters. The van der Waals surface area contributed by atoms with E-state index in [0.29, 0.717) is 11.7 Å². The lowest BCUT2D eigenvalue weighted by molar-refractivity contribution is 0.179. The molecule has 2 aromatic carbocycles. The average molecular weight is 342 g/mol. The van der Waals surface area contributed by atoms with Gasteiger partial charge in [-0.15, -0.1) is 0 Å². The second-order valence-corrected chi connectivity index (χ2v) is 5.72. The fourth-order valence-electron chi connectivity index (χ4n) is 2.05. The van der Waals surface area contributed by atoms with Gasteiger partial charge in [-0.1, -0.05) is 30.3 Å². The van der Waals surface area contributed by atoms with Crippen molar-refractivity contribution in [1.29, 1.82) is 0 Å². The van der Waals surface area contributed by atoms with Crippen LogP contribution in [0.4, 0.5) is 11.4 Å². The lowest BCUT2D eigenvalue weighted by atomic mass is 10.2. The lowest BCUT2D eigenvalue weighted by Gasteiger charge is -2.13. The summed E-state index contributed by atoms with van der Waals surface area (Å²) in [5.74, 6) is 0. The number of hydrogen-bond acceptors (Lipinski definition) is 4. The molecular weight excluding hydrogens is 320 g/mol. The van der Waals surface area contributed by atoms with E-state index in [1.807, 2.05) is 61.5 Å². The molecule has 0 aromatic heterocycles. The summed E-state index contributed by atoms with van der Waals surface area (Å²) in [5.41, 5.74) is 5.86. The van der Waals surface area contributed by atoms with Gasteiger partial charge in [0.25, 0.3) is 0 Å². The Morgan fingerprint density at radius 2 is 1.79 bits per heavy atom. The minimum Gasteiger partial charge on any atom is -0.383 e. The Bertz CT molecular complexity index is 658. The number of rotatable bonds is 7. The maximum atomic E-state index is 5.15. The van der Waals surface area contributed by atoms with Crippen molar-refractivity contribution in [2.24, 2.45) is 5.10 Å². The Kier molecular flexibility index (Phi) is 7.20. The first-order chi connectivity index (χ1) is 11.7. The molecule has 0 heterocycles. The van der Waals surface area contributed by atoms with Crippen molar-refractivity contribution in [1.82, 2.24) is 10.7 Å². The Hall–Kier alpha value is -2.44. The normalized spacial score (nSPS) is 11.9. The predicted molar refractivity (Wildman–Crippen MR) is 104 cm³/mol. The van der Waals surface area contributed by atoms with E-state index in [2.05, 4.69) is 21.2 Å². The van der Waals surface area contributed by atoms with Crippen molar-refractivity contribution < 1.29 is 4.74 Å². The topological polar surface area (TPSA) is 57.7 Å². The highest BCUT2D eigenvalue weighted by Gasteiger charge is 2.01. The van der Waals surface area contributed by atoms with Gasteiger partial charge in [0.1, 0.15) is 0 Å². The molecular formula is C18H22N4OS. The van der Waals surface area contributed by atoms with Crippen LogP contribution in [0.15, 0.2) is 59.7 Å². The van der Waals surface area contributed by atoms with Gasteiger partial charge in [-0.3, -0.25) is 5.43 Å². The standard InChI is InChI=1S/C18H22N4OS/c1-14(13-23-2)20-18(24)22-19-12-15-8-10-17(11-9-15)21-16-6-4-3-5-7-16/h3-12,14,21H,13H2,1-2H3,(H2,20,22,24)/b19-12-/t14-/m1/s1. The summed E-state index contributed by atoms with van der Waals surface area (Å²) in [6.45, 7) is 2.57. The summed E-state index contributed by atoms with van der Waals surface area (Å²) in [4.78, 5) is 0. The summed E-state index contributed by atoms with van der Waals surface area (Å²) < 4.78 is 5.04. The second-order valence-electron chi connectivity index (χ2n) is 5.31. The molecule has 0 aliphatic rings. The molecule has 3 N–H and O–H groups in total. The average Bonchev–Trinajstić information content (AvgIpc) is 2.57. The summed E-state index contributed by atoms with van der Waals surface area (Å²) in [6, 6.07) is 18.2. The van der Waals surface area contributed by atoms with E-state index in [-0.39, 0.29) is 6.04 Å². The van der Waals surface area contributed by atoms with Crippen LogP contribution in [0.3, 0.4) is 0 Å². The summed E-state index contributed by atoms with van der Waals surface area (Å²) in [5, 5.41) is 11.0. The van der Waals surface area contributed by atoms with Crippen LogP contribution in [0.2, 0.25) is 0 Å². The van der Waals surface area contributed by atoms with Gasteiger partial charge in [0.15, 0.2) is 5.11 Å². The molecule has 0 amide bonds. The van der Waals surface area contributed by atoms with Crippen LogP contribution in [-0.4, -0.2) is 31.1 Å². The first kappa shape index (κ1) is 17.9. The highest BCUT2D eigenvalue weighted by atomic mass is 32.1. The Balaban J connectivity index is 1.82. The molecule has 126 valence electrons. The van der Waals surface area contributed by atoms with E-state index in [4.69, 9.17) is 17.0 Å². The molecule has 0 spiro atoms. The Morgan fingerprint density at radius 3 is 2.46 bits per heavy atom. The number of hydrazone groups is 1. The van der Waals surface area contributed by atoms with Crippen LogP contribution in [-0.2, 0) is 4.74 Å². The van der Waals surface area contributed by atoms with Crippen molar-refractivity contribution in [2.75, 3.05) is 19.0 Å². The van der Waals surface area contributed by atoms with Gasteiger partial charge in [0, 0.05) is 24.5 Å². The number of nitrogens with zero attached hydrogens (tertiary/aromatic N) is 1. The fraction of sp³-hybridized carbons (Fsp3) is 0.222. The summed E-state index contributed by atoms with van der Waals surface area (Å²) in [6.07, 6.45) is 1.72. The van der Waals surface area contributed by atoms with Crippen molar-refractivity contribution in [3.05, 3.63) is 60.2 Å². The Morgan fingerprint density at radius 1 is 1.12 bits per heavy atom. The molecule has 0 saturated heterocycles. The lowest BCUT2D eigenvalue weighted by Crippen LogP contribution is -2.40. The van der Waals surface area contributed by atoms with Crippen LogP contribution < -0.4 is 16.1 Å². The number of hydrogen-bond donors (Lipinski definition) is 3. The molecule has 2 aromatic rings. The number of nitrogens with one attached hydrogen (secondary N) is 3. The van der Waals surface area contributed by atoms with Crippen LogP contribution in [0.25, 0.3) is 0 Å². The van der Waals surface area contributed by atoms with Crippen LogP contribution in [0.1, 0.15) is 12.5 Å². The molecule has 2 rings (SSSR count). The maximum Gasteiger partial charge on any atom is 0.187 e. The van der Waals surface area contributed by atoms with Crippen LogP contribution in [0, 0.1) is 0 Å². The van der Waals surface area contributed by atoms with Gasteiger partial charge in [-0.2, -0.15) is 5.10 Å². The quantitative estimate of drug-likeness (QED) is 0.410. The molecule has 1 atom stereocenters. The smallest absolute Gasteiger partial charge is 0.187 e. The highest BCUT2D eigenvalue weighted by Crippen LogP contribution is 2.15. The first-order valence-corrected chi connectivity index (χ1v) is 8.09. The van der Waals surface area contributed by atoms with Gasteiger partial charge in [0.05, 0.1) is 12.8 Å². The molecule has 0 saturated carbocycles. The van der Waals surface area contributed by atoms with Crippen molar-refractivity contribution in [3.63, 3.8) is 0 Å². The van der Waals surface area contributed by atoms with Crippen molar-refractivity contribution >= 4 is 34.9 Å².